The minimum atomic E-state index is -0.993. The largest absolute Gasteiger partial charge is 0.497 e. The normalized spacial score (nSPS) is 17.5. The van der Waals surface area contributed by atoms with E-state index in [0.717, 1.165) is 11.3 Å². The van der Waals surface area contributed by atoms with E-state index >= 15 is 0 Å². The van der Waals surface area contributed by atoms with E-state index in [-0.39, 0.29) is 6.61 Å². The van der Waals surface area contributed by atoms with Crippen LogP contribution in [0.3, 0.4) is 0 Å². The Labute approximate surface area is 110 Å². The molecule has 0 saturated carbocycles. The molecule has 6 heteroatoms. The number of aliphatic carboxylic acids is 1. The van der Waals surface area contributed by atoms with Crippen LogP contribution in [0, 0.1) is 0 Å². The lowest BCUT2D eigenvalue weighted by molar-refractivity contribution is -0.146. The summed E-state index contributed by atoms with van der Waals surface area (Å²) < 4.78 is 10.1. The van der Waals surface area contributed by atoms with Gasteiger partial charge in [0.2, 0.25) is 0 Å². The third-order valence-corrected chi connectivity index (χ3v) is 3.06. The SMILES string of the molecule is COc1ccc(COC(=O)N2CCC2C(=O)O)cc1. The molecule has 1 N–H and O–H groups in total. The zero-order chi connectivity index (χ0) is 13.8. The first-order valence-electron chi connectivity index (χ1n) is 5.91. The van der Waals surface area contributed by atoms with Crippen molar-refractivity contribution in [3.05, 3.63) is 29.8 Å². The highest BCUT2D eigenvalue weighted by molar-refractivity contribution is 5.81. The molecule has 0 aromatic heterocycles. The number of nitrogens with zero attached hydrogens (tertiary/aromatic N) is 1. The molecule has 6 nitrogen and oxygen atoms in total. The van der Waals surface area contributed by atoms with Crippen molar-refractivity contribution in [3.8, 4) is 5.75 Å². The summed E-state index contributed by atoms with van der Waals surface area (Å²) in [7, 11) is 1.57. The van der Waals surface area contributed by atoms with E-state index in [9.17, 15) is 9.59 Å². The van der Waals surface area contributed by atoms with Gasteiger partial charge in [0.25, 0.3) is 0 Å². The van der Waals surface area contributed by atoms with Crippen LogP contribution >= 0.6 is 0 Å². The summed E-state index contributed by atoms with van der Waals surface area (Å²) in [6, 6.07) is 6.37. The van der Waals surface area contributed by atoms with Crippen LogP contribution in [-0.4, -0.2) is 41.8 Å². The lowest BCUT2D eigenvalue weighted by Crippen LogP contribution is -2.55. The maximum Gasteiger partial charge on any atom is 0.410 e. The van der Waals surface area contributed by atoms with Crippen molar-refractivity contribution in [1.82, 2.24) is 4.90 Å². The Kier molecular flexibility index (Phi) is 3.89. The molecule has 1 aromatic carbocycles. The van der Waals surface area contributed by atoms with Gasteiger partial charge in [-0.25, -0.2) is 9.59 Å². The Morgan fingerprint density at radius 3 is 2.53 bits per heavy atom. The first-order chi connectivity index (χ1) is 9.11. The molecule has 1 atom stereocenters. The number of hydrogen-bond acceptors (Lipinski definition) is 4. The molecule has 1 saturated heterocycles. The number of ether oxygens (including phenoxy) is 2. The van der Waals surface area contributed by atoms with Crippen LogP contribution in [0.2, 0.25) is 0 Å². The van der Waals surface area contributed by atoms with E-state index in [2.05, 4.69) is 0 Å². The number of hydrogen-bond donors (Lipinski definition) is 1. The van der Waals surface area contributed by atoms with Crippen LogP contribution in [-0.2, 0) is 16.1 Å². The number of carbonyl (C=O) groups is 2. The molecule has 102 valence electrons. The van der Waals surface area contributed by atoms with Gasteiger partial charge in [-0.2, -0.15) is 0 Å². The van der Waals surface area contributed by atoms with Crippen molar-refractivity contribution < 1.29 is 24.2 Å². The number of carboxylic acid groups (broad SMARTS) is 1. The zero-order valence-electron chi connectivity index (χ0n) is 10.5. The van der Waals surface area contributed by atoms with Gasteiger partial charge in [0.15, 0.2) is 0 Å². The quantitative estimate of drug-likeness (QED) is 0.892. The minimum Gasteiger partial charge on any atom is -0.497 e. The summed E-state index contributed by atoms with van der Waals surface area (Å²) in [5.74, 6) is -0.267. The monoisotopic (exact) mass is 265 g/mol. The predicted molar refractivity (Wildman–Crippen MR) is 65.9 cm³/mol. The molecule has 1 aromatic rings. The molecule has 1 unspecified atom stereocenters. The molecule has 1 fully saturated rings. The van der Waals surface area contributed by atoms with Gasteiger partial charge in [0.1, 0.15) is 18.4 Å². The summed E-state index contributed by atoms with van der Waals surface area (Å²) in [6.07, 6.45) is -0.109. The average molecular weight is 265 g/mol. The Hall–Kier alpha value is -2.24. The van der Waals surface area contributed by atoms with Crippen molar-refractivity contribution in [1.29, 1.82) is 0 Å². The lowest BCUT2D eigenvalue weighted by atomic mass is 10.1. The second kappa shape index (κ2) is 5.60. The summed E-state index contributed by atoms with van der Waals surface area (Å²) in [6.45, 7) is 0.546. The predicted octanol–water partition coefficient (Wildman–Crippen LogP) is 1.49. The van der Waals surface area contributed by atoms with Crippen LogP contribution in [0.5, 0.6) is 5.75 Å². The van der Waals surface area contributed by atoms with Crippen LogP contribution < -0.4 is 4.74 Å². The van der Waals surface area contributed by atoms with E-state index in [1.807, 2.05) is 0 Å². The van der Waals surface area contributed by atoms with Gasteiger partial charge in [0.05, 0.1) is 7.11 Å². The average Bonchev–Trinajstić information content (AvgIpc) is 2.35. The van der Waals surface area contributed by atoms with Gasteiger partial charge in [-0.15, -0.1) is 0 Å². The molecule has 0 radical (unpaired) electrons. The molecule has 1 aliphatic heterocycles. The van der Waals surface area contributed by atoms with Gasteiger partial charge in [-0.3, -0.25) is 4.90 Å². The number of amides is 1. The Morgan fingerprint density at radius 1 is 1.37 bits per heavy atom. The van der Waals surface area contributed by atoms with E-state index in [1.54, 1.807) is 31.4 Å². The summed E-state index contributed by atoms with van der Waals surface area (Å²) in [5.41, 5.74) is 0.821. The Bertz CT molecular complexity index is 470. The number of likely N-dealkylation sites (tertiary alicyclic amines) is 1. The van der Waals surface area contributed by atoms with Crippen molar-refractivity contribution >= 4 is 12.1 Å². The van der Waals surface area contributed by atoms with Gasteiger partial charge < -0.3 is 14.6 Å². The maximum absolute atomic E-state index is 11.7. The van der Waals surface area contributed by atoms with Gasteiger partial charge in [-0.05, 0) is 24.1 Å². The van der Waals surface area contributed by atoms with Crippen molar-refractivity contribution in [2.75, 3.05) is 13.7 Å². The molecule has 19 heavy (non-hydrogen) atoms. The van der Waals surface area contributed by atoms with Gasteiger partial charge in [0, 0.05) is 6.54 Å². The highest BCUT2D eigenvalue weighted by Gasteiger charge is 2.38. The summed E-state index contributed by atoms with van der Waals surface area (Å²) in [5, 5.41) is 8.83. The molecule has 1 aliphatic rings. The van der Waals surface area contributed by atoms with Crippen LogP contribution in [0.4, 0.5) is 4.79 Å². The first-order valence-corrected chi connectivity index (χ1v) is 5.91. The fourth-order valence-electron chi connectivity index (χ4n) is 1.81. The van der Waals surface area contributed by atoms with Crippen LogP contribution in [0.1, 0.15) is 12.0 Å². The van der Waals surface area contributed by atoms with E-state index in [1.165, 1.54) is 4.90 Å². The summed E-state index contributed by atoms with van der Waals surface area (Å²) in [4.78, 5) is 23.6. The van der Waals surface area contributed by atoms with Crippen LogP contribution in [0.15, 0.2) is 24.3 Å². The fraction of sp³-hybridized carbons (Fsp3) is 0.385. The molecular formula is C13H15NO5. The third-order valence-electron chi connectivity index (χ3n) is 3.06. The third kappa shape index (κ3) is 2.96. The molecule has 0 bridgehead atoms. The van der Waals surface area contributed by atoms with E-state index in [0.29, 0.717) is 13.0 Å². The van der Waals surface area contributed by atoms with E-state index in [4.69, 9.17) is 14.6 Å². The number of rotatable bonds is 4. The lowest BCUT2D eigenvalue weighted by Gasteiger charge is -2.36. The molecule has 0 aliphatic carbocycles. The Balaban J connectivity index is 1.84. The van der Waals surface area contributed by atoms with Gasteiger partial charge >= 0.3 is 12.1 Å². The molecule has 2 rings (SSSR count). The fourth-order valence-corrected chi connectivity index (χ4v) is 1.81. The second-order valence-corrected chi connectivity index (χ2v) is 4.24. The maximum atomic E-state index is 11.7. The first kappa shape index (κ1) is 13.2. The van der Waals surface area contributed by atoms with E-state index < -0.39 is 18.1 Å². The molecule has 1 amide bonds. The van der Waals surface area contributed by atoms with Gasteiger partial charge in [-0.1, -0.05) is 12.1 Å². The number of carboxylic acids is 1. The molecule has 1 heterocycles. The number of carbonyl (C=O) groups excluding carboxylic acids is 1. The summed E-state index contributed by atoms with van der Waals surface area (Å²) >= 11 is 0. The smallest absolute Gasteiger partial charge is 0.410 e. The highest BCUT2D eigenvalue weighted by atomic mass is 16.6. The van der Waals surface area contributed by atoms with Crippen LogP contribution in [0.25, 0.3) is 0 Å². The zero-order valence-corrected chi connectivity index (χ0v) is 10.5. The Morgan fingerprint density at radius 2 is 2.05 bits per heavy atom. The molecule has 0 spiro atoms. The topological polar surface area (TPSA) is 76.1 Å². The van der Waals surface area contributed by atoms with Crippen molar-refractivity contribution in [2.45, 2.75) is 19.1 Å². The minimum absolute atomic E-state index is 0.117. The second-order valence-electron chi connectivity index (χ2n) is 4.24. The number of benzene rings is 1. The number of methoxy groups -OCH3 is 1. The molecular weight excluding hydrogens is 250 g/mol. The highest BCUT2D eigenvalue weighted by Crippen LogP contribution is 2.19. The van der Waals surface area contributed by atoms with Crippen molar-refractivity contribution in [3.63, 3.8) is 0 Å². The standard InChI is InChI=1S/C13H15NO5/c1-18-10-4-2-9(3-5-10)8-19-13(17)14-7-6-11(14)12(15)16/h2-5,11H,6-8H2,1H3,(H,15,16). The van der Waals surface area contributed by atoms with Crippen molar-refractivity contribution in [2.24, 2.45) is 0 Å².